The van der Waals surface area contributed by atoms with Crippen LogP contribution in [0.5, 0.6) is 0 Å². The Bertz CT molecular complexity index is 182. The Morgan fingerprint density at radius 1 is 1.55 bits per heavy atom. The summed E-state index contributed by atoms with van der Waals surface area (Å²) in [5.41, 5.74) is 0. The zero-order valence-corrected chi connectivity index (χ0v) is 8.87. The van der Waals surface area contributed by atoms with E-state index in [-0.39, 0.29) is 24.0 Å². The molecule has 0 radical (unpaired) electrons. The van der Waals surface area contributed by atoms with E-state index in [0.717, 1.165) is 5.84 Å². The lowest BCUT2D eigenvalue weighted by molar-refractivity contribution is -0.305. The van der Waals surface area contributed by atoms with Crippen molar-refractivity contribution in [3.05, 3.63) is 12.8 Å². The van der Waals surface area contributed by atoms with Crippen molar-refractivity contribution < 1.29 is 29.0 Å². The van der Waals surface area contributed by atoms with Crippen LogP contribution in [0, 0.1) is 0 Å². The first kappa shape index (κ1) is 13.1. The smallest absolute Gasteiger partial charge is 0.231 e. The highest BCUT2D eigenvalue weighted by Crippen LogP contribution is 1.61. The Kier molecular flexibility index (Phi) is 11.3. The largest absolute Gasteiger partial charge is 1.00 e. The van der Waals surface area contributed by atoms with Gasteiger partial charge in [-0.05, 0) is 6.92 Å². The van der Waals surface area contributed by atoms with Gasteiger partial charge >= 0.3 is 0 Å². The quantitative estimate of drug-likeness (QED) is 0.309. The lowest BCUT2D eigenvalue weighted by Gasteiger charge is -1.75. The topological polar surface area (TPSA) is 38.7 Å². The molecule has 0 spiro atoms. The van der Waals surface area contributed by atoms with E-state index in [1.54, 1.807) is 6.21 Å². The maximum atomic E-state index is 3.95. The van der Waals surface area contributed by atoms with Gasteiger partial charge in [0.2, 0.25) is 12.2 Å². The molecular weight excluding hydrogens is 253 g/mol. The van der Waals surface area contributed by atoms with E-state index in [1.165, 1.54) is 12.5 Å². The fourth-order valence-electron chi connectivity index (χ4n) is 0.414. The Balaban J connectivity index is 0. The van der Waals surface area contributed by atoms with Gasteiger partial charge in [-0.25, -0.2) is 0 Å². The fraction of sp³-hybridized carbons (Fsp3) is 0.286. The van der Waals surface area contributed by atoms with Gasteiger partial charge in [0, 0.05) is 6.92 Å². The molecule has 0 aliphatic rings. The number of nitrogens with one attached hydrogen (secondary N) is 1. The zero-order valence-electron chi connectivity index (χ0n) is 6.71. The third kappa shape index (κ3) is 9.48. The van der Waals surface area contributed by atoms with Gasteiger partial charge in [0.25, 0.3) is 0 Å². The van der Waals surface area contributed by atoms with Crippen molar-refractivity contribution in [1.29, 1.82) is 0 Å². The number of nitrogens with zero attached hydrogens (tertiary/aromatic N) is 2. The van der Waals surface area contributed by atoms with E-state index in [2.05, 4.69) is 21.6 Å². The molecule has 0 aromatic heterocycles. The lowest BCUT2D eigenvalue weighted by atomic mass is 10.7. The molecule has 0 heterocycles. The first-order valence-electron chi connectivity index (χ1n) is 3.02. The molecule has 0 aromatic rings. The van der Waals surface area contributed by atoms with Crippen LogP contribution in [0.1, 0.15) is 13.8 Å². The molecule has 11 heavy (non-hydrogen) atoms. The molecule has 0 unspecified atom stereocenters. The van der Waals surface area contributed by atoms with Crippen LogP contribution in [-0.4, -0.2) is 18.4 Å². The highest BCUT2D eigenvalue weighted by molar-refractivity contribution is 5.83. The van der Waals surface area contributed by atoms with Gasteiger partial charge in [-0.3, -0.25) is 4.99 Å². The Morgan fingerprint density at radius 2 is 2.18 bits per heavy atom. The maximum Gasteiger partial charge on any atom is 0.231 e. The summed E-state index contributed by atoms with van der Waals surface area (Å²) in [7, 11) is 0. The van der Waals surface area contributed by atoms with E-state index in [1.807, 2.05) is 13.8 Å². The number of halogens is 1. The van der Waals surface area contributed by atoms with Crippen LogP contribution in [0.4, 0.5) is 0 Å². The first-order chi connectivity index (χ1) is 4.81. The van der Waals surface area contributed by atoms with Crippen molar-refractivity contribution in [3.63, 3.8) is 0 Å². The summed E-state index contributed by atoms with van der Waals surface area (Å²) in [4.78, 5) is 10.5. The Labute approximate surface area is 84.1 Å². The highest BCUT2D eigenvalue weighted by atomic mass is 127. The zero-order chi connectivity index (χ0) is 7.82. The molecule has 0 fully saturated rings. The number of hydrogen-bond acceptors (Lipinski definition) is 1. The van der Waals surface area contributed by atoms with Crippen LogP contribution >= 0.6 is 0 Å². The van der Waals surface area contributed by atoms with Crippen molar-refractivity contribution in [2.45, 2.75) is 13.8 Å². The summed E-state index contributed by atoms with van der Waals surface area (Å²) in [5.74, 6) is 0.813. The SMILES string of the molecule is C=CN=C[NH+]=C(C)N=CC.[I-]. The highest BCUT2D eigenvalue weighted by Gasteiger charge is 1.84. The third-order valence-corrected chi connectivity index (χ3v) is 0.776. The normalized spacial score (nSPS) is 12.0. The van der Waals surface area contributed by atoms with Crippen LogP contribution in [0.3, 0.4) is 0 Å². The summed E-state index contributed by atoms with van der Waals surface area (Å²) in [5, 5.41) is 0. The van der Waals surface area contributed by atoms with Gasteiger partial charge in [0.1, 0.15) is 0 Å². The summed E-state index contributed by atoms with van der Waals surface area (Å²) in [6.45, 7) is 7.13. The van der Waals surface area contributed by atoms with E-state index >= 15 is 0 Å². The van der Waals surface area contributed by atoms with Gasteiger partial charge in [-0.15, -0.1) is 9.98 Å². The van der Waals surface area contributed by atoms with Crippen molar-refractivity contribution in [3.8, 4) is 0 Å². The second kappa shape index (κ2) is 9.48. The number of amidine groups is 1. The molecule has 0 rings (SSSR count). The molecule has 3 nitrogen and oxygen atoms in total. The van der Waals surface area contributed by atoms with Gasteiger partial charge in [-0.1, -0.05) is 6.58 Å². The van der Waals surface area contributed by atoms with E-state index < -0.39 is 0 Å². The van der Waals surface area contributed by atoms with Crippen LogP contribution in [-0.2, 0) is 0 Å². The fourth-order valence-corrected chi connectivity index (χ4v) is 0.414. The minimum atomic E-state index is 0. The minimum absolute atomic E-state index is 0. The lowest BCUT2D eigenvalue weighted by Crippen LogP contribution is -3.00. The standard InChI is InChI=1S/C7H11N3.HI/c1-4-8-6-10-7(3)9-5-2;/h4-6H,1H2,2-3H3;1H. The molecule has 4 heteroatoms. The number of rotatable bonds is 2. The van der Waals surface area contributed by atoms with Crippen molar-refractivity contribution >= 4 is 18.4 Å². The average molecular weight is 265 g/mol. The second-order valence-electron chi connectivity index (χ2n) is 1.58. The van der Waals surface area contributed by atoms with Gasteiger partial charge in [0.05, 0.1) is 12.4 Å². The summed E-state index contributed by atoms with van der Waals surface area (Å²) >= 11 is 0. The molecule has 0 bridgehead atoms. The Morgan fingerprint density at radius 3 is 2.64 bits per heavy atom. The van der Waals surface area contributed by atoms with Gasteiger partial charge in [0.15, 0.2) is 0 Å². The van der Waals surface area contributed by atoms with Crippen molar-refractivity contribution in [2.75, 3.05) is 0 Å². The molecular formula is C7H12IN3. The van der Waals surface area contributed by atoms with Crippen molar-refractivity contribution in [2.24, 2.45) is 9.98 Å². The van der Waals surface area contributed by atoms with Crippen LogP contribution < -0.4 is 29.0 Å². The molecule has 0 aliphatic heterocycles. The monoisotopic (exact) mass is 265 g/mol. The molecule has 0 saturated heterocycles. The average Bonchev–Trinajstić information content (AvgIpc) is 1.89. The summed E-state index contributed by atoms with van der Waals surface area (Å²) < 4.78 is 0. The Hall–Kier alpha value is -0.520. The molecule has 62 valence electrons. The third-order valence-electron chi connectivity index (χ3n) is 0.776. The molecule has 1 N–H and O–H groups in total. The molecule has 0 aliphatic carbocycles. The van der Waals surface area contributed by atoms with E-state index in [9.17, 15) is 0 Å². The van der Waals surface area contributed by atoms with Crippen molar-refractivity contribution in [1.82, 2.24) is 0 Å². The van der Waals surface area contributed by atoms with Crippen LogP contribution in [0.2, 0.25) is 0 Å². The molecule has 0 saturated carbocycles. The molecule has 0 atom stereocenters. The van der Waals surface area contributed by atoms with Gasteiger partial charge in [-0.2, -0.15) is 0 Å². The first-order valence-corrected chi connectivity index (χ1v) is 3.02. The number of hydrogen-bond donors (Lipinski definition) is 1. The summed E-state index contributed by atoms with van der Waals surface area (Å²) in [6.07, 6.45) is 4.70. The van der Waals surface area contributed by atoms with Crippen LogP contribution in [0.25, 0.3) is 0 Å². The minimum Gasteiger partial charge on any atom is -1.00 e. The van der Waals surface area contributed by atoms with E-state index in [4.69, 9.17) is 0 Å². The molecule has 0 amide bonds. The second-order valence-corrected chi connectivity index (χ2v) is 1.58. The predicted octanol–water partition coefficient (Wildman–Crippen LogP) is -3.25. The van der Waals surface area contributed by atoms with Gasteiger partial charge < -0.3 is 24.0 Å². The van der Waals surface area contributed by atoms with Crippen LogP contribution in [0.15, 0.2) is 22.8 Å². The molecule has 0 aromatic carbocycles. The predicted molar refractivity (Wildman–Crippen MR) is 44.5 cm³/mol. The maximum absolute atomic E-state index is 3.95. The summed E-state index contributed by atoms with van der Waals surface area (Å²) in [6, 6.07) is 0. The number of aliphatic imine (C=N–C) groups is 2. The van der Waals surface area contributed by atoms with E-state index in [0.29, 0.717) is 0 Å².